The first-order chi connectivity index (χ1) is 14.7. The molecule has 0 aliphatic carbocycles. The SMILES string of the molecule is CC(C)(C)OC(=O)N([C@H](CC(=O)O)C(=O)O)S(=O)(=O)c1ccc(-c2ccc(Cl)cc2)cc1. The standard InChI is InChI=1S/C21H22ClNO8S/c1-21(2,3)31-20(28)23(17(19(26)27)12-18(24)25)32(29,30)16-10-6-14(7-11-16)13-4-8-15(22)9-5-13/h4-11,17H,12H2,1-3H3,(H,24,25)(H,26,27)/t17-/m1/s1. The van der Waals surface area contributed by atoms with Gasteiger partial charge in [-0.25, -0.2) is 18.0 Å². The normalized spacial score (nSPS) is 12.6. The molecule has 0 bridgehead atoms. The Labute approximate surface area is 190 Å². The molecule has 0 saturated carbocycles. The fourth-order valence-corrected chi connectivity index (χ4v) is 4.28. The number of hydrogen-bond donors (Lipinski definition) is 2. The summed E-state index contributed by atoms with van der Waals surface area (Å²) in [5.74, 6) is -3.40. The highest BCUT2D eigenvalue weighted by atomic mass is 35.5. The fourth-order valence-electron chi connectivity index (χ4n) is 2.71. The van der Waals surface area contributed by atoms with Gasteiger partial charge in [0, 0.05) is 5.02 Å². The number of carboxylic acids is 2. The molecule has 0 spiro atoms. The summed E-state index contributed by atoms with van der Waals surface area (Å²) in [4.78, 5) is 35.1. The van der Waals surface area contributed by atoms with Gasteiger partial charge in [-0.15, -0.1) is 0 Å². The second-order valence-corrected chi connectivity index (χ2v) is 10.0. The van der Waals surface area contributed by atoms with Gasteiger partial charge in [0.15, 0.2) is 6.04 Å². The van der Waals surface area contributed by atoms with Gasteiger partial charge >= 0.3 is 18.0 Å². The quantitative estimate of drug-likeness (QED) is 0.605. The lowest BCUT2D eigenvalue weighted by molar-refractivity contribution is -0.147. The van der Waals surface area contributed by atoms with Crippen molar-refractivity contribution in [1.82, 2.24) is 4.31 Å². The zero-order chi connectivity index (χ0) is 24.3. The van der Waals surface area contributed by atoms with Gasteiger partial charge in [-0.1, -0.05) is 35.9 Å². The van der Waals surface area contributed by atoms with Crippen molar-refractivity contribution >= 4 is 39.7 Å². The van der Waals surface area contributed by atoms with E-state index in [1.165, 1.54) is 45.0 Å². The Kier molecular flexibility index (Phi) is 7.53. The van der Waals surface area contributed by atoms with Crippen LogP contribution in [0, 0.1) is 0 Å². The fraction of sp³-hybridized carbons (Fsp3) is 0.286. The van der Waals surface area contributed by atoms with Gasteiger partial charge in [0.25, 0.3) is 10.0 Å². The van der Waals surface area contributed by atoms with Crippen molar-refractivity contribution in [3.63, 3.8) is 0 Å². The van der Waals surface area contributed by atoms with Gasteiger partial charge in [-0.2, -0.15) is 4.31 Å². The minimum absolute atomic E-state index is 0.0357. The minimum atomic E-state index is -4.77. The predicted octanol–water partition coefficient (Wildman–Crippen LogP) is 3.86. The molecule has 1 atom stereocenters. The molecule has 0 radical (unpaired) electrons. The zero-order valence-corrected chi connectivity index (χ0v) is 19.1. The van der Waals surface area contributed by atoms with Crippen LogP contribution in [0.25, 0.3) is 11.1 Å². The largest absolute Gasteiger partial charge is 0.481 e. The molecule has 0 aromatic heterocycles. The molecule has 0 unspecified atom stereocenters. The lowest BCUT2D eigenvalue weighted by Crippen LogP contribution is -2.51. The summed E-state index contributed by atoms with van der Waals surface area (Å²) >= 11 is 5.87. The number of carbonyl (C=O) groups is 3. The third kappa shape index (κ3) is 6.21. The molecule has 9 nitrogen and oxygen atoms in total. The monoisotopic (exact) mass is 483 g/mol. The van der Waals surface area contributed by atoms with E-state index in [2.05, 4.69) is 0 Å². The Morgan fingerprint density at radius 3 is 1.84 bits per heavy atom. The molecule has 0 heterocycles. The van der Waals surface area contributed by atoms with E-state index >= 15 is 0 Å². The zero-order valence-electron chi connectivity index (χ0n) is 17.5. The van der Waals surface area contributed by atoms with Crippen molar-refractivity contribution in [2.24, 2.45) is 0 Å². The minimum Gasteiger partial charge on any atom is -0.481 e. The van der Waals surface area contributed by atoms with Crippen molar-refractivity contribution in [1.29, 1.82) is 0 Å². The van der Waals surface area contributed by atoms with Crippen LogP contribution >= 0.6 is 11.6 Å². The van der Waals surface area contributed by atoms with E-state index in [1.807, 2.05) is 0 Å². The number of carbonyl (C=O) groups excluding carboxylic acids is 1. The number of rotatable bonds is 7. The van der Waals surface area contributed by atoms with Crippen molar-refractivity contribution in [3.05, 3.63) is 53.6 Å². The topological polar surface area (TPSA) is 138 Å². The van der Waals surface area contributed by atoms with E-state index in [4.69, 9.17) is 21.4 Å². The number of aliphatic carboxylic acids is 2. The molecule has 0 aliphatic rings. The van der Waals surface area contributed by atoms with E-state index in [0.717, 1.165) is 5.56 Å². The van der Waals surface area contributed by atoms with Gasteiger partial charge in [0.2, 0.25) is 0 Å². The third-order valence-electron chi connectivity index (χ3n) is 4.10. The lowest BCUT2D eigenvalue weighted by atomic mass is 10.1. The second-order valence-electron chi connectivity index (χ2n) is 7.76. The molecular formula is C21H22ClNO8S. The maximum atomic E-state index is 13.2. The van der Waals surface area contributed by atoms with E-state index in [1.54, 1.807) is 24.3 Å². The van der Waals surface area contributed by atoms with Gasteiger partial charge in [0.1, 0.15) is 5.60 Å². The van der Waals surface area contributed by atoms with E-state index in [9.17, 15) is 27.9 Å². The van der Waals surface area contributed by atoms with Crippen LogP contribution in [0.5, 0.6) is 0 Å². The number of hydrogen-bond acceptors (Lipinski definition) is 6. The Morgan fingerprint density at radius 1 is 0.969 bits per heavy atom. The first-order valence-electron chi connectivity index (χ1n) is 9.30. The number of amides is 1. The Bertz CT molecular complexity index is 1110. The first kappa shape index (κ1) is 25.2. The third-order valence-corrected chi connectivity index (χ3v) is 6.14. The summed E-state index contributed by atoms with van der Waals surface area (Å²) in [5, 5.41) is 19.1. The smallest absolute Gasteiger partial charge is 0.425 e. The van der Waals surface area contributed by atoms with Crippen molar-refractivity contribution in [2.75, 3.05) is 0 Å². The first-order valence-corrected chi connectivity index (χ1v) is 11.1. The summed E-state index contributed by atoms with van der Waals surface area (Å²) in [6, 6.07) is 9.89. The van der Waals surface area contributed by atoms with Crippen molar-refractivity contribution in [2.45, 2.75) is 43.7 Å². The Morgan fingerprint density at radius 2 is 1.44 bits per heavy atom. The van der Waals surface area contributed by atoms with Crippen LogP contribution in [-0.4, -0.2) is 52.6 Å². The molecule has 2 rings (SSSR count). The van der Waals surface area contributed by atoms with Crippen LogP contribution in [0.4, 0.5) is 4.79 Å². The Balaban J connectivity index is 2.52. The maximum absolute atomic E-state index is 13.2. The summed E-state index contributed by atoms with van der Waals surface area (Å²) in [5.41, 5.74) is 0.233. The van der Waals surface area contributed by atoms with E-state index < -0.39 is 51.0 Å². The van der Waals surface area contributed by atoms with Crippen molar-refractivity contribution in [3.8, 4) is 11.1 Å². The summed E-state index contributed by atoms with van der Waals surface area (Å²) < 4.78 is 31.5. The molecule has 1 amide bonds. The van der Waals surface area contributed by atoms with Crippen molar-refractivity contribution < 1.29 is 37.8 Å². The molecule has 32 heavy (non-hydrogen) atoms. The number of sulfonamides is 1. The maximum Gasteiger partial charge on any atom is 0.425 e. The average molecular weight is 484 g/mol. The molecule has 0 aliphatic heterocycles. The molecule has 2 aromatic rings. The molecule has 0 saturated heterocycles. The van der Waals surface area contributed by atoms with Gasteiger partial charge in [0.05, 0.1) is 11.3 Å². The van der Waals surface area contributed by atoms with Gasteiger partial charge in [-0.05, 0) is 56.2 Å². The second kappa shape index (κ2) is 9.58. The predicted molar refractivity (Wildman–Crippen MR) is 116 cm³/mol. The molecule has 11 heteroatoms. The number of nitrogens with zero attached hydrogens (tertiary/aromatic N) is 1. The van der Waals surface area contributed by atoms with Crippen LogP contribution in [0.1, 0.15) is 27.2 Å². The van der Waals surface area contributed by atoms with E-state index in [0.29, 0.717) is 10.6 Å². The average Bonchev–Trinajstić information content (AvgIpc) is 2.66. The lowest BCUT2D eigenvalue weighted by Gasteiger charge is -2.30. The highest BCUT2D eigenvalue weighted by Crippen LogP contribution is 2.27. The molecule has 0 fully saturated rings. The molecule has 2 aromatic carbocycles. The van der Waals surface area contributed by atoms with Crippen LogP contribution in [0.3, 0.4) is 0 Å². The summed E-state index contributed by atoms with van der Waals surface area (Å²) in [7, 11) is -4.77. The van der Waals surface area contributed by atoms with Gasteiger partial charge < -0.3 is 14.9 Å². The van der Waals surface area contributed by atoms with Crippen LogP contribution < -0.4 is 0 Å². The molecule has 172 valence electrons. The highest BCUT2D eigenvalue weighted by Gasteiger charge is 2.43. The number of ether oxygens (including phenoxy) is 1. The highest BCUT2D eigenvalue weighted by molar-refractivity contribution is 7.89. The summed E-state index contributed by atoms with van der Waals surface area (Å²) in [6.45, 7) is 4.39. The van der Waals surface area contributed by atoms with Crippen LogP contribution in [0.15, 0.2) is 53.4 Å². The number of carboxylic acid groups (broad SMARTS) is 2. The van der Waals surface area contributed by atoms with Crippen LogP contribution in [0.2, 0.25) is 5.02 Å². The van der Waals surface area contributed by atoms with Gasteiger partial charge in [-0.3, -0.25) is 4.79 Å². The summed E-state index contributed by atoms with van der Waals surface area (Å²) in [6.07, 6.45) is -2.63. The number of halogens is 1. The van der Waals surface area contributed by atoms with Crippen LogP contribution in [-0.2, 0) is 24.3 Å². The number of benzene rings is 2. The Hall–Kier alpha value is -3.11. The molecular weight excluding hydrogens is 462 g/mol. The molecule has 2 N–H and O–H groups in total. The van der Waals surface area contributed by atoms with E-state index in [-0.39, 0.29) is 4.31 Å².